The second-order valence-electron chi connectivity index (χ2n) is 34.4. The van der Waals surface area contributed by atoms with Gasteiger partial charge in [0.05, 0.1) is 49.8 Å². The molecule has 0 amide bonds. The summed E-state index contributed by atoms with van der Waals surface area (Å²) in [5.41, 5.74) is 24.2. The number of hydrogen-bond donors (Lipinski definition) is 0. The molecule has 0 saturated heterocycles. The van der Waals surface area contributed by atoms with E-state index in [9.17, 15) is 0 Å². The van der Waals surface area contributed by atoms with Crippen molar-refractivity contribution >= 4 is 195 Å². The third-order valence-corrected chi connectivity index (χ3v) is 27.7. The molecule has 0 spiro atoms. The first kappa shape index (κ1) is 71.6. The van der Waals surface area contributed by atoms with Crippen LogP contribution in [0.25, 0.3) is 262 Å². The van der Waals surface area contributed by atoms with Crippen molar-refractivity contribution in [2.45, 2.75) is 0 Å². The molecular formula is C124H76N4. The Balaban J connectivity index is 0.000000133. The van der Waals surface area contributed by atoms with Gasteiger partial charge in [0.1, 0.15) is 0 Å². The lowest BCUT2D eigenvalue weighted by molar-refractivity contribution is 1.18. The maximum atomic E-state index is 2.47. The van der Waals surface area contributed by atoms with Crippen LogP contribution >= 0.6 is 0 Å². The van der Waals surface area contributed by atoms with E-state index >= 15 is 0 Å². The number of aromatic nitrogens is 4. The molecule has 0 radical (unpaired) electrons. The van der Waals surface area contributed by atoms with E-state index in [1.165, 1.54) is 257 Å². The van der Waals surface area contributed by atoms with Crippen LogP contribution in [0.5, 0.6) is 0 Å². The summed E-state index contributed by atoms with van der Waals surface area (Å²) in [5, 5.41) is 35.6. The number of para-hydroxylation sites is 6. The van der Waals surface area contributed by atoms with Crippen molar-refractivity contribution in [2.75, 3.05) is 0 Å². The summed E-state index contributed by atoms with van der Waals surface area (Å²) in [6.45, 7) is 0. The summed E-state index contributed by atoms with van der Waals surface area (Å²) in [4.78, 5) is 0. The third kappa shape index (κ3) is 10.9. The molecule has 0 aliphatic rings. The van der Waals surface area contributed by atoms with Gasteiger partial charge in [-0.15, -0.1) is 0 Å². The first-order valence-electron chi connectivity index (χ1n) is 44.3. The Morgan fingerprint density at radius 3 is 0.969 bits per heavy atom. The highest BCUT2D eigenvalue weighted by Crippen LogP contribution is 2.49. The number of hydrogen-bond acceptors (Lipinski definition) is 0. The molecule has 4 heteroatoms. The molecule has 4 nitrogen and oxygen atoms in total. The predicted octanol–water partition coefficient (Wildman–Crippen LogP) is 34.0. The van der Waals surface area contributed by atoms with Crippen LogP contribution in [0.1, 0.15) is 0 Å². The fraction of sp³-hybridized carbons (Fsp3) is 0. The maximum Gasteiger partial charge on any atom is 0.0541 e. The van der Waals surface area contributed by atoms with Crippen molar-refractivity contribution in [1.82, 2.24) is 18.3 Å². The largest absolute Gasteiger partial charge is 0.309 e. The lowest BCUT2D eigenvalue weighted by Gasteiger charge is -2.17. The molecule has 4 aromatic heterocycles. The Morgan fingerprint density at radius 2 is 0.453 bits per heavy atom. The fourth-order valence-electron chi connectivity index (χ4n) is 22.0. The molecule has 28 rings (SSSR count). The van der Waals surface area contributed by atoms with Crippen LogP contribution in [0.15, 0.2) is 461 Å². The summed E-state index contributed by atoms with van der Waals surface area (Å²) >= 11 is 0. The minimum atomic E-state index is 1.16. The Bertz CT molecular complexity index is 9590. The van der Waals surface area contributed by atoms with Gasteiger partial charge in [-0.1, -0.05) is 328 Å². The van der Waals surface area contributed by atoms with Crippen LogP contribution in [0.2, 0.25) is 0 Å². The van der Waals surface area contributed by atoms with Crippen molar-refractivity contribution in [3.8, 4) is 67.3 Å². The van der Waals surface area contributed by atoms with Crippen LogP contribution in [-0.4, -0.2) is 18.3 Å². The fourth-order valence-corrected chi connectivity index (χ4v) is 22.0. The van der Waals surface area contributed by atoms with Gasteiger partial charge in [0.2, 0.25) is 0 Å². The van der Waals surface area contributed by atoms with Crippen LogP contribution in [0.4, 0.5) is 0 Å². The smallest absolute Gasteiger partial charge is 0.0541 e. The molecule has 0 aliphatic heterocycles. The van der Waals surface area contributed by atoms with E-state index < -0.39 is 0 Å². The van der Waals surface area contributed by atoms with Crippen LogP contribution in [-0.2, 0) is 0 Å². The summed E-state index contributed by atoms with van der Waals surface area (Å²) in [6.07, 6.45) is 0. The van der Waals surface area contributed by atoms with E-state index in [0.29, 0.717) is 0 Å². The van der Waals surface area contributed by atoms with Gasteiger partial charge in [-0.25, -0.2) is 0 Å². The molecule has 0 fully saturated rings. The van der Waals surface area contributed by atoms with Gasteiger partial charge >= 0.3 is 0 Å². The number of rotatable bonds is 8. The summed E-state index contributed by atoms with van der Waals surface area (Å²) in [5.74, 6) is 0. The SMILES string of the molecule is c1ccc(-n2c3ccccc3c3cc(-c4ccc5c(c4)c4ccccc4n5-c4ccc(-c5cc6ccc7ccccc7c6c6ccccc56)c5ccccc45)ccc32)cc1.c1ccc(-n2c3ccccc3c3cc(-c4ccc5c(c4)c4ccccc4n5-c4ccc5c(ccc6cc(-c7cc8c9ccccc9c9ccccc9c8c8ccccc78)ccc65)c4)ccc32)cc1. The zero-order valence-electron chi connectivity index (χ0n) is 69.7. The van der Waals surface area contributed by atoms with E-state index in [4.69, 9.17) is 0 Å². The van der Waals surface area contributed by atoms with Crippen LogP contribution < -0.4 is 0 Å². The van der Waals surface area contributed by atoms with E-state index in [2.05, 4.69) is 479 Å². The average Bonchev–Trinajstić information content (AvgIpc) is 0.863. The lowest BCUT2D eigenvalue weighted by atomic mass is 9.87. The van der Waals surface area contributed by atoms with Crippen molar-refractivity contribution in [2.24, 2.45) is 0 Å². The molecular weight excluding hydrogens is 1550 g/mol. The molecule has 4 heterocycles. The van der Waals surface area contributed by atoms with Gasteiger partial charge in [0.25, 0.3) is 0 Å². The maximum absolute atomic E-state index is 2.47. The molecule has 0 aliphatic carbocycles. The van der Waals surface area contributed by atoms with Crippen LogP contribution in [0.3, 0.4) is 0 Å². The van der Waals surface area contributed by atoms with Gasteiger partial charge in [-0.3, -0.25) is 0 Å². The standard InChI is InChI=1S/C66H40N2.C58H36N2/c1-2-14-46(15-3-1)67-62-24-12-10-20-54(62)59-38-41(29-34-64(59)67)42-30-35-65-60(39-42)55-21-11-13-25-63(55)68(65)47-31-33-49-45(37-47)27-26-43-36-44(28-32-48(43)49)58-40-61-52-18-5-4-16-50(52)51-17-6-8-22-56(51)66(61)57-23-9-7-19-53(57)58;1-2-15-41(16-3-1)59-53-24-12-10-21-47(53)51-34-38(28-31-56(51)59)39-29-32-57-52(35-39)48-22-11-13-25-54(48)60(57)55-33-30-45(43-18-6-8-20-46(43)55)50-36-40-27-26-37-14-4-5-17-42(37)58(40)49-23-9-7-19-44(49)50/h1-40H;1-36H. The van der Waals surface area contributed by atoms with Crippen LogP contribution in [0, 0.1) is 0 Å². The zero-order chi connectivity index (χ0) is 83.8. The second kappa shape index (κ2) is 28.3. The summed E-state index contributed by atoms with van der Waals surface area (Å²) in [7, 11) is 0. The quantitative estimate of drug-likeness (QED) is 0.135. The van der Waals surface area contributed by atoms with Gasteiger partial charge in [0.15, 0.2) is 0 Å². The first-order chi connectivity index (χ1) is 63.5. The molecule has 592 valence electrons. The van der Waals surface area contributed by atoms with E-state index in [1.807, 2.05) is 0 Å². The molecule has 24 aromatic carbocycles. The average molecular weight is 1620 g/mol. The molecule has 28 aromatic rings. The highest BCUT2D eigenvalue weighted by atomic mass is 15.0. The Labute approximate surface area is 736 Å². The molecule has 0 bridgehead atoms. The topological polar surface area (TPSA) is 19.7 Å². The zero-order valence-corrected chi connectivity index (χ0v) is 69.7. The number of fused-ring (bicyclic) bond motifs is 29. The van der Waals surface area contributed by atoms with Crippen molar-refractivity contribution in [1.29, 1.82) is 0 Å². The molecule has 0 unspecified atom stereocenters. The van der Waals surface area contributed by atoms with E-state index in [1.54, 1.807) is 0 Å². The third-order valence-electron chi connectivity index (χ3n) is 27.7. The molecule has 128 heavy (non-hydrogen) atoms. The minimum absolute atomic E-state index is 1.16. The minimum Gasteiger partial charge on any atom is -0.309 e. The highest BCUT2D eigenvalue weighted by molar-refractivity contribution is 6.34. The monoisotopic (exact) mass is 1620 g/mol. The number of nitrogens with zero attached hydrogens (tertiary/aromatic N) is 4. The van der Waals surface area contributed by atoms with Crippen molar-refractivity contribution in [3.63, 3.8) is 0 Å². The second-order valence-corrected chi connectivity index (χ2v) is 34.4. The highest BCUT2D eigenvalue weighted by Gasteiger charge is 2.24. The molecule has 0 N–H and O–H groups in total. The van der Waals surface area contributed by atoms with Crippen molar-refractivity contribution in [3.05, 3.63) is 461 Å². The van der Waals surface area contributed by atoms with Crippen molar-refractivity contribution < 1.29 is 0 Å². The van der Waals surface area contributed by atoms with E-state index in [-0.39, 0.29) is 0 Å². The Hall–Kier alpha value is -16.9. The first-order valence-corrected chi connectivity index (χ1v) is 44.3. The molecule has 0 atom stereocenters. The molecule has 0 saturated carbocycles. The lowest BCUT2D eigenvalue weighted by Crippen LogP contribution is -1.97. The van der Waals surface area contributed by atoms with Gasteiger partial charge in [-0.2, -0.15) is 0 Å². The Kier molecular flexibility index (Phi) is 15.8. The predicted molar refractivity (Wildman–Crippen MR) is 547 cm³/mol. The number of benzene rings is 24. The summed E-state index contributed by atoms with van der Waals surface area (Å²) < 4.78 is 9.67. The van der Waals surface area contributed by atoms with Gasteiger partial charge in [0, 0.05) is 65.5 Å². The normalized spacial score (nSPS) is 12.1. The Morgan fingerprint density at radius 1 is 0.117 bits per heavy atom. The summed E-state index contributed by atoms with van der Waals surface area (Å²) in [6, 6.07) is 171. The van der Waals surface area contributed by atoms with Gasteiger partial charge < -0.3 is 18.3 Å². The van der Waals surface area contributed by atoms with E-state index in [0.717, 1.165) is 5.69 Å². The van der Waals surface area contributed by atoms with Gasteiger partial charge in [-0.05, 0) is 280 Å².